The molecule has 22 heavy (non-hydrogen) atoms. The summed E-state index contributed by atoms with van der Waals surface area (Å²) in [6, 6.07) is 2.37. The van der Waals surface area contributed by atoms with E-state index < -0.39 is 11.7 Å². The fourth-order valence-corrected chi connectivity index (χ4v) is 2.42. The molecule has 0 amide bonds. The molecule has 7 heteroatoms. The summed E-state index contributed by atoms with van der Waals surface area (Å²) in [4.78, 5) is 11.8. The average molecular weight is 310 g/mol. The van der Waals surface area contributed by atoms with Crippen molar-refractivity contribution in [3.8, 4) is 0 Å². The molecule has 0 radical (unpaired) electrons. The molecule has 0 saturated carbocycles. The lowest BCUT2D eigenvalue weighted by atomic mass is 9.96. The van der Waals surface area contributed by atoms with Crippen LogP contribution in [-0.4, -0.2) is 24.5 Å². The highest BCUT2D eigenvalue weighted by Gasteiger charge is 2.30. The molecule has 1 N–H and O–H groups in total. The van der Waals surface area contributed by atoms with Gasteiger partial charge in [0, 0.05) is 12.7 Å². The lowest BCUT2D eigenvalue weighted by Crippen LogP contribution is -2.33. The van der Waals surface area contributed by atoms with Gasteiger partial charge in [0.2, 0.25) is 0 Å². The molecule has 0 fully saturated rings. The molecule has 0 bridgehead atoms. The summed E-state index contributed by atoms with van der Waals surface area (Å²) in [5.41, 5.74) is 1.36. The zero-order chi connectivity index (χ0) is 16.2. The van der Waals surface area contributed by atoms with E-state index in [1.165, 1.54) is 6.07 Å². The first kappa shape index (κ1) is 16.4. The summed E-state index contributed by atoms with van der Waals surface area (Å²) in [5.74, 6) is 0. The third kappa shape index (κ3) is 3.79. The van der Waals surface area contributed by atoms with Crippen molar-refractivity contribution in [1.82, 2.24) is 10.3 Å². The molecule has 0 spiro atoms. The molecule has 2 rings (SSSR count). The minimum absolute atomic E-state index is 0.0316. The fourth-order valence-electron chi connectivity index (χ4n) is 2.42. The normalized spacial score (nSPS) is 19.1. The van der Waals surface area contributed by atoms with E-state index in [1.54, 1.807) is 0 Å². The van der Waals surface area contributed by atoms with Crippen molar-refractivity contribution in [1.29, 1.82) is 0 Å². The van der Waals surface area contributed by atoms with Crippen LogP contribution in [0.25, 0.3) is 0 Å². The second-order valence-corrected chi connectivity index (χ2v) is 5.01. The zero-order valence-corrected chi connectivity index (χ0v) is 12.0. The second kappa shape index (κ2) is 6.83. The Hall–Kier alpha value is -2.02. The molecule has 1 heterocycles. The van der Waals surface area contributed by atoms with Crippen molar-refractivity contribution in [3.05, 3.63) is 41.0 Å². The number of pyridine rings is 1. The lowest BCUT2D eigenvalue weighted by molar-refractivity contribution is -0.137. The number of nitrogens with zero attached hydrogens (tertiary/aromatic N) is 3. The van der Waals surface area contributed by atoms with E-state index in [4.69, 9.17) is 0 Å². The Morgan fingerprint density at radius 3 is 2.59 bits per heavy atom. The summed E-state index contributed by atoms with van der Waals surface area (Å²) in [5, 5.41) is 3.24. The number of allylic oxidation sites excluding steroid dienone is 1. The molecule has 0 aliphatic heterocycles. The number of alkyl halides is 3. The number of aromatic nitrogens is 1. The van der Waals surface area contributed by atoms with Crippen molar-refractivity contribution in [2.24, 2.45) is 9.98 Å². The van der Waals surface area contributed by atoms with Gasteiger partial charge in [-0.05, 0) is 44.8 Å². The molecule has 1 aromatic heterocycles. The third-order valence-corrected chi connectivity index (χ3v) is 3.57. The third-order valence-electron chi connectivity index (χ3n) is 3.57. The van der Waals surface area contributed by atoms with Crippen molar-refractivity contribution in [2.75, 3.05) is 0 Å². The van der Waals surface area contributed by atoms with Gasteiger partial charge in [0.05, 0.1) is 28.7 Å². The SMILES string of the molecule is C=NC1=C(N=C)C(NCc2ccc(C(F)(F)F)cn2)CCC1. The standard InChI is InChI=1S/C15H17F3N4/c1-19-12-4-3-5-13(14(12)20-2)22-9-11-7-6-10(8-21-11)15(16,17)18/h6-8,13,22H,1-5,9H2. The first-order valence-corrected chi connectivity index (χ1v) is 6.87. The van der Waals surface area contributed by atoms with E-state index in [1.807, 2.05) is 0 Å². The highest BCUT2D eigenvalue weighted by molar-refractivity contribution is 5.38. The van der Waals surface area contributed by atoms with Crippen LogP contribution >= 0.6 is 0 Å². The summed E-state index contributed by atoms with van der Waals surface area (Å²) in [6.45, 7) is 7.43. The Bertz CT molecular complexity index is 575. The fraction of sp³-hybridized carbons (Fsp3) is 0.400. The van der Waals surface area contributed by atoms with Crippen LogP contribution in [0.3, 0.4) is 0 Å². The minimum Gasteiger partial charge on any atom is -0.303 e. The molecule has 1 aliphatic rings. The number of hydrogen-bond acceptors (Lipinski definition) is 4. The van der Waals surface area contributed by atoms with E-state index in [9.17, 15) is 13.2 Å². The lowest BCUT2D eigenvalue weighted by Gasteiger charge is -2.25. The highest BCUT2D eigenvalue weighted by atomic mass is 19.4. The largest absolute Gasteiger partial charge is 0.417 e. The minimum atomic E-state index is -4.37. The van der Waals surface area contributed by atoms with E-state index in [2.05, 4.69) is 33.7 Å². The van der Waals surface area contributed by atoms with Crippen LogP contribution in [0.2, 0.25) is 0 Å². The van der Waals surface area contributed by atoms with Crippen molar-refractivity contribution >= 4 is 13.4 Å². The van der Waals surface area contributed by atoms with Gasteiger partial charge >= 0.3 is 6.18 Å². The molecule has 1 aromatic rings. The second-order valence-electron chi connectivity index (χ2n) is 5.01. The molecular formula is C15H17F3N4. The Balaban J connectivity index is 2.03. The zero-order valence-electron chi connectivity index (χ0n) is 12.0. The van der Waals surface area contributed by atoms with E-state index in [-0.39, 0.29) is 6.04 Å². The molecule has 0 aromatic carbocycles. The number of halogens is 3. The van der Waals surface area contributed by atoms with Crippen LogP contribution in [0.4, 0.5) is 13.2 Å². The van der Waals surface area contributed by atoms with Gasteiger partial charge in [-0.3, -0.25) is 15.0 Å². The van der Waals surface area contributed by atoms with Crippen LogP contribution in [-0.2, 0) is 12.7 Å². The van der Waals surface area contributed by atoms with Crippen molar-refractivity contribution in [3.63, 3.8) is 0 Å². The van der Waals surface area contributed by atoms with Gasteiger partial charge in [-0.25, -0.2) is 0 Å². The molecule has 4 nitrogen and oxygen atoms in total. The smallest absolute Gasteiger partial charge is 0.303 e. The van der Waals surface area contributed by atoms with Gasteiger partial charge in [-0.2, -0.15) is 13.2 Å². The number of hydrogen-bond donors (Lipinski definition) is 1. The topological polar surface area (TPSA) is 49.6 Å². The van der Waals surface area contributed by atoms with Crippen molar-refractivity contribution < 1.29 is 13.2 Å². The van der Waals surface area contributed by atoms with Crippen LogP contribution in [0.5, 0.6) is 0 Å². The van der Waals surface area contributed by atoms with Crippen molar-refractivity contribution in [2.45, 2.75) is 38.0 Å². The van der Waals surface area contributed by atoms with Gasteiger partial charge in [0.1, 0.15) is 0 Å². The Morgan fingerprint density at radius 1 is 1.27 bits per heavy atom. The molecule has 0 saturated heterocycles. The average Bonchev–Trinajstić information content (AvgIpc) is 2.51. The Kier molecular flexibility index (Phi) is 5.07. The van der Waals surface area contributed by atoms with Crippen LogP contribution in [0.1, 0.15) is 30.5 Å². The first-order chi connectivity index (χ1) is 10.5. The molecular weight excluding hydrogens is 293 g/mol. The molecule has 118 valence electrons. The maximum Gasteiger partial charge on any atom is 0.417 e. The van der Waals surface area contributed by atoms with E-state index >= 15 is 0 Å². The number of nitrogens with one attached hydrogen (secondary N) is 1. The van der Waals surface area contributed by atoms with Gasteiger partial charge in [0.15, 0.2) is 0 Å². The monoisotopic (exact) mass is 310 g/mol. The molecule has 1 aliphatic carbocycles. The summed E-state index contributed by atoms with van der Waals surface area (Å²) in [6.07, 6.45) is -0.888. The van der Waals surface area contributed by atoms with E-state index in [0.29, 0.717) is 12.2 Å². The van der Waals surface area contributed by atoms with Crippen LogP contribution in [0, 0.1) is 0 Å². The molecule has 1 atom stereocenters. The first-order valence-electron chi connectivity index (χ1n) is 6.87. The maximum atomic E-state index is 12.5. The van der Waals surface area contributed by atoms with Gasteiger partial charge < -0.3 is 5.32 Å². The number of aliphatic imine (C=N–C) groups is 2. The Morgan fingerprint density at radius 2 is 2.05 bits per heavy atom. The molecule has 1 unspecified atom stereocenters. The maximum absolute atomic E-state index is 12.5. The van der Waals surface area contributed by atoms with Gasteiger partial charge in [0.25, 0.3) is 0 Å². The summed E-state index contributed by atoms with van der Waals surface area (Å²) >= 11 is 0. The quantitative estimate of drug-likeness (QED) is 0.848. The summed E-state index contributed by atoms with van der Waals surface area (Å²) < 4.78 is 37.4. The Labute approximate surface area is 126 Å². The van der Waals surface area contributed by atoms with Gasteiger partial charge in [-0.15, -0.1) is 0 Å². The van der Waals surface area contributed by atoms with Gasteiger partial charge in [-0.1, -0.05) is 0 Å². The summed E-state index contributed by atoms with van der Waals surface area (Å²) in [7, 11) is 0. The highest BCUT2D eigenvalue weighted by Crippen LogP contribution is 2.29. The predicted molar refractivity (Wildman–Crippen MR) is 79.8 cm³/mol. The predicted octanol–water partition coefficient (Wildman–Crippen LogP) is 3.36. The van der Waals surface area contributed by atoms with Crippen LogP contribution < -0.4 is 5.32 Å². The van der Waals surface area contributed by atoms with E-state index in [0.717, 1.165) is 42.9 Å². The van der Waals surface area contributed by atoms with Crippen LogP contribution in [0.15, 0.2) is 39.7 Å². The number of rotatable bonds is 5.